The summed E-state index contributed by atoms with van der Waals surface area (Å²) in [6.45, 7) is 4.04. The zero-order valence-corrected chi connectivity index (χ0v) is 10.5. The van der Waals surface area contributed by atoms with Crippen molar-refractivity contribution >= 4 is 11.6 Å². The lowest BCUT2D eigenvalue weighted by Crippen LogP contribution is -2.21. The average molecular weight is 252 g/mol. The van der Waals surface area contributed by atoms with Crippen LogP contribution in [0.1, 0.15) is 37.4 Å². The van der Waals surface area contributed by atoms with Gasteiger partial charge in [-0.1, -0.05) is 11.6 Å². The first-order chi connectivity index (χ1) is 8.11. The summed E-state index contributed by atoms with van der Waals surface area (Å²) in [5, 5.41) is 4.69. The van der Waals surface area contributed by atoms with E-state index in [0.717, 1.165) is 0 Å². The molecule has 0 aromatic carbocycles. The van der Waals surface area contributed by atoms with E-state index in [0.29, 0.717) is 16.5 Å². The van der Waals surface area contributed by atoms with Gasteiger partial charge in [-0.05, 0) is 26.0 Å². The maximum atomic E-state index is 6.13. The zero-order valence-electron chi connectivity index (χ0n) is 9.71. The molecule has 5 nitrogen and oxygen atoms in total. The molecular weight excluding hydrogens is 238 g/mol. The number of hydrogen-bond donors (Lipinski definition) is 1. The number of nitrogens with zero attached hydrogens (tertiary/aromatic N) is 4. The number of hydrogen-bond acceptors (Lipinski definition) is 4. The van der Waals surface area contributed by atoms with Gasteiger partial charge in [0.25, 0.3) is 0 Å². The molecule has 0 saturated carbocycles. The highest BCUT2D eigenvalue weighted by atomic mass is 35.5. The molecule has 0 amide bonds. The van der Waals surface area contributed by atoms with Crippen LogP contribution >= 0.6 is 11.6 Å². The fourth-order valence-electron chi connectivity index (χ4n) is 1.63. The number of rotatable bonds is 3. The molecule has 0 fully saturated rings. The van der Waals surface area contributed by atoms with E-state index in [2.05, 4.69) is 15.1 Å². The van der Waals surface area contributed by atoms with E-state index in [1.54, 1.807) is 23.0 Å². The summed E-state index contributed by atoms with van der Waals surface area (Å²) < 4.78 is 1.77. The van der Waals surface area contributed by atoms with Crippen molar-refractivity contribution in [3.63, 3.8) is 0 Å². The van der Waals surface area contributed by atoms with Crippen LogP contribution in [-0.4, -0.2) is 19.7 Å². The van der Waals surface area contributed by atoms with Crippen molar-refractivity contribution < 1.29 is 0 Å². The Morgan fingerprint density at radius 1 is 1.35 bits per heavy atom. The predicted molar refractivity (Wildman–Crippen MR) is 65.7 cm³/mol. The lowest BCUT2D eigenvalue weighted by Gasteiger charge is -2.15. The molecule has 1 atom stereocenters. The summed E-state index contributed by atoms with van der Waals surface area (Å²) in [4.78, 5) is 8.38. The normalized spacial score (nSPS) is 13.0. The molecule has 0 aliphatic heterocycles. The lowest BCUT2D eigenvalue weighted by atomic mass is 10.2. The van der Waals surface area contributed by atoms with E-state index in [9.17, 15) is 0 Å². The second-order valence-electron chi connectivity index (χ2n) is 4.00. The number of halogens is 1. The van der Waals surface area contributed by atoms with Gasteiger partial charge in [0, 0.05) is 12.2 Å². The molecule has 0 spiro atoms. The van der Waals surface area contributed by atoms with Gasteiger partial charge < -0.3 is 5.73 Å². The molecule has 2 heterocycles. The van der Waals surface area contributed by atoms with E-state index in [-0.39, 0.29) is 6.04 Å². The van der Waals surface area contributed by atoms with Crippen LogP contribution in [0.25, 0.3) is 0 Å². The van der Waals surface area contributed by atoms with Crippen LogP contribution in [0.15, 0.2) is 24.7 Å². The SMILES string of the molecule is CC(C)n1ncnc1C(N)c1ncccc1Cl. The van der Waals surface area contributed by atoms with Crippen LogP contribution in [0.2, 0.25) is 5.02 Å². The molecule has 2 aromatic rings. The Hall–Kier alpha value is -1.46. The number of aromatic nitrogens is 4. The van der Waals surface area contributed by atoms with Gasteiger partial charge in [0.2, 0.25) is 0 Å². The first-order valence-electron chi connectivity index (χ1n) is 5.36. The monoisotopic (exact) mass is 251 g/mol. The second-order valence-corrected chi connectivity index (χ2v) is 4.41. The Balaban J connectivity index is 2.41. The van der Waals surface area contributed by atoms with Crippen molar-refractivity contribution in [1.82, 2.24) is 19.7 Å². The van der Waals surface area contributed by atoms with Crippen molar-refractivity contribution in [2.75, 3.05) is 0 Å². The molecule has 2 aromatic heterocycles. The molecule has 0 aliphatic rings. The van der Waals surface area contributed by atoms with Crippen LogP contribution in [-0.2, 0) is 0 Å². The van der Waals surface area contributed by atoms with Gasteiger partial charge in [-0.2, -0.15) is 5.10 Å². The van der Waals surface area contributed by atoms with Crippen molar-refractivity contribution in [3.8, 4) is 0 Å². The third-order valence-electron chi connectivity index (χ3n) is 2.45. The molecule has 2 rings (SSSR count). The second kappa shape index (κ2) is 4.81. The van der Waals surface area contributed by atoms with Gasteiger partial charge >= 0.3 is 0 Å². The maximum Gasteiger partial charge on any atom is 0.150 e. The summed E-state index contributed by atoms with van der Waals surface area (Å²) >= 11 is 6.07. The molecule has 1 unspecified atom stereocenters. The van der Waals surface area contributed by atoms with Gasteiger partial charge in [0.15, 0.2) is 0 Å². The Morgan fingerprint density at radius 2 is 2.12 bits per heavy atom. The standard InChI is InChI=1S/C11H14ClN5/c1-7(2)17-11(15-6-16-17)9(13)10-8(12)4-3-5-14-10/h3-7,9H,13H2,1-2H3. The van der Waals surface area contributed by atoms with Crippen LogP contribution in [0, 0.1) is 0 Å². The third kappa shape index (κ3) is 2.30. The lowest BCUT2D eigenvalue weighted by molar-refractivity contribution is 0.492. The molecule has 0 saturated heterocycles. The fraction of sp³-hybridized carbons (Fsp3) is 0.364. The van der Waals surface area contributed by atoms with Gasteiger partial charge in [-0.3, -0.25) is 4.98 Å². The van der Waals surface area contributed by atoms with Crippen molar-refractivity contribution in [1.29, 1.82) is 0 Å². The van der Waals surface area contributed by atoms with Crippen LogP contribution in [0.4, 0.5) is 0 Å². The molecule has 0 aliphatic carbocycles. The zero-order chi connectivity index (χ0) is 12.4. The number of pyridine rings is 1. The summed E-state index contributed by atoms with van der Waals surface area (Å²) in [7, 11) is 0. The molecule has 17 heavy (non-hydrogen) atoms. The smallest absolute Gasteiger partial charge is 0.150 e. The third-order valence-corrected chi connectivity index (χ3v) is 2.77. The summed E-state index contributed by atoms with van der Waals surface area (Å²) in [6.07, 6.45) is 3.16. The van der Waals surface area contributed by atoms with E-state index >= 15 is 0 Å². The molecule has 90 valence electrons. The average Bonchev–Trinajstić information content (AvgIpc) is 2.77. The summed E-state index contributed by atoms with van der Waals surface area (Å²) in [5.74, 6) is 0.667. The van der Waals surface area contributed by atoms with Crippen LogP contribution in [0.5, 0.6) is 0 Å². The van der Waals surface area contributed by atoms with E-state index in [1.807, 2.05) is 13.8 Å². The van der Waals surface area contributed by atoms with Crippen molar-refractivity contribution in [2.24, 2.45) is 5.73 Å². The number of nitrogens with two attached hydrogens (primary N) is 1. The minimum Gasteiger partial charge on any atom is -0.316 e. The first kappa shape index (κ1) is 12.0. The highest BCUT2D eigenvalue weighted by Crippen LogP contribution is 2.23. The van der Waals surface area contributed by atoms with E-state index in [4.69, 9.17) is 17.3 Å². The molecule has 0 bridgehead atoms. The summed E-state index contributed by atoms with van der Waals surface area (Å²) in [6, 6.07) is 3.26. The predicted octanol–water partition coefficient (Wildman–Crippen LogP) is 1.96. The largest absolute Gasteiger partial charge is 0.316 e. The molecular formula is C11H14ClN5. The Labute approximate surface area is 105 Å². The molecule has 6 heteroatoms. The minimum atomic E-state index is -0.464. The minimum absolute atomic E-state index is 0.195. The van der Waals surface area contributed by atoms with Crippen LogP contribution < -0.4 is 5.73 Å². The molecule has 2 N–H and O–H groups in total. The Bertz CT molecular complexity index is 508. The maximum absolute atomic E-state index is 6.13. The van der Waals surface area contributed by atoms with E-state index < -0.39 is 6.04 Å². The van der Waals surface area contributed by atoms with Gasteiger partial charge in [-0.25, -0.2) is 9.67 Å². The van der Waals surface area contributed by atoms with Crippen LogP contribution in [0.3, 0.4) is 0 Å². The van der Waals surface area contributed by atoms with E-state index in [1.165, 1.54) is 6.33 Å². The van der Waals surface area contributed by atoms with Crippen molar-refractivity contribution in [2.45, 2.75) is 25.9 Å². The quantitative estimate of drug-likeness (QED) is 0.905. The topological polar surface area (TPSA) is 69.6 Å². The Morgan fingerprint density at radius 3 is 2.76 bits per heavy atom. The fourth-order valence-corrected chi connectivity index (χ4v) is 1.87. The van der Waals surface area contributed by atoms with Gasteiger partial charge in [0.05, 0.1) is 10.7 Å². The van der Waals surface area contributed by atoms with Gasteiger partial charge in [0.1, 0.15) is 18.2 Å². The highest BCUT2D eigenvalue weighted by Gasteiger charge is 2.20. The Kier molecular flexibility index (Phi) is 3.40. The summed E-state index contributed by atoms with van der Waals surface area (Å²) in [5.41, 5.74) is 6.74. The highest BCUT2D eigenvalue weighted by molar-refractivity contribution is 6.31. The first-order valence-corrected chi connectivity index (χ1v) is 5.74. The molecule has 0 radical (unpaired) electrons. The van der Waals surface area contributed by atoms with Gasteiger partial charge in [-0.15, -0.1) is 0 Å². The van der Waals surface area contributed by atoms with Crippen molar-refractivity contribution in [3.05, 3.63) is 41.2 Å².